The summed E-state index contributed by atoms with van der Waals surface area (Å²) in [6, 6.07) is 0.391. The number of nitrogens with zero attached hydrogens (tertiary/aromatic N) is 3. The van der Waals surface area contributed by atoms with Crippen molar-refractivity contribution in [2.45, 2.75) is 52.3 Å². The van der Waals surface area contributed by atoms with Crippen molar-refractivity contribution in [1.29, 1.82) is 0 Å². The second kappa shape index (κ2) is 5.57. The van der Waals surface area contributed by atoms with Crippen LogP contribution in [0, 0.1) is 5.41 Å². The van der Waals surface area contributed by atoms with Gasteiger partial charge in [0.1, 0.15) is 0 Å². The third-order valence-corrected chi connectivity index (χ3v) is 4.04. The van der Waals surface area contributed by atoms with E-state index >= 15 is 0 Å². The van der Waals surface area contributed by atoms with Crippen molar-refractivity contribution in [2.75, 3.05) is 11.9 Å². The number of anilines is 1. The van der Waals surface area contributed by atoms with E-state index in [0.29, 0.717) is 16.7 Å². The Morgan fingerprint density at radius 2 is 2.21 bits per heavy atom. The van der Waals surface area contributed by atoms with Crippen LogP contribution in [-0.2, 0) is 0 Å². The molecule has 0 bridgehead atoms. The summed E-state index contributed by atoms with van der Waals surface area (Å²) in [5.74, 6) is 0. The molecule has 19 heavy (non-hydrogen) atoms. The molecule has 0 radical (unpaired) electrons. The molecule has 4 nitrogen and oxygen atoms in total. The quantitative estimate of drug-likeness (QED) is 0.916. The topological polar surface area (TPSA) is 42.2 Å². The van der Waals surface area contributed by atoms with Crippen molar-refractivity contribution in [3.63, 3.8) is 0 Å². The standard InChI is InChI=1S/C14H24N4S/c1-10(2)18-9-11(7-16-18)17-13-15-8-12(19-13)6-14(3,4)5/h7,9-10,12H,6,8H2,1-5H3,(H,15,17). The van der Waals surface area contributed by atoms with E-state index in [0.717, 1.165) is 17.4 Å². The average Bonchev–Trinajstić information content (AvgIpc) is 2.86. The lowest BCUT2D eigenvalue weighted by molar-refractivity contribution is 0.375. The number of rotatable bonds is 3. The van der Waals surface area contributed by atoms with Gasteiger partial charge in [0.25, 0.3) is 0 Å². The summed E-state index contributed by atoms with van der Waals surface area (Å²) in [6.45, 7) is 12.0. The zero-order valence-corrected chi connectivity index (χ0v) is 13.3. The van der Waals surface area contributed by atoms with Crippen molar-refractivity contribution in [1.82, 2.24) is 9.78 Å². The van der Waals surface area contributed by atoms with Crippen molar-refractivity contribution in [3.8, 4) is 0 Å². The van der Waals surface area contributed by atoms with Crippen molar-refractivity contribution < 1.29 is 0 Å². The molecule has 5 heteroatoms. The number of hydrogen-bond acceptors (Lipinski definition) is 4. The largest absolute Gasteiger partial charge is 0.332 e. The van der Waals surface area contributed by atoms with Gasteiger partial charge >= 0.3 is 0 Å². The summed E-state index contributed by atoms with van der Waals surface area (Å²) in [6.07, 6.45) is 5.09. The van der Waals surface area contributed by atoms with Crippen LogP contribution in [0.1, 0.15) is 47.1 Å². The molecule has 1 unspecified atom stereocenters. The molecular weight excluding hydrogens is 256 g/mol. The predicted octanol–water partition coefficient (Wildman–Crippen LogP) is 3.78. The van der Waals surface area contributed by atoms with Gasteiger partial charge in [0.05, 0.1) is 18.4 Å². The van der Waals surface area contributed by atoms with Gasteiger partial charge < -0.3 is 5.32 Å². The van der Waals surface area contributed by atoms with Gasteiger partial charge in [-0.2, -0.15) is 5.10 Å². The molecule has 1 aliphatic rings. The van der Waals surface area contributed by atoms with E-state index in [-0.39, 0.29) is 0 Å². The molecule has 0 aliphatic carbocycles. The third-order valence-electron chi connectivity index (χ3n) is 2.94. The molecule has 1 aliphatic heterocycles. The first-order valence-corrected chi connectivity index (χ1v) is 7.74. The molecule has 0 aromatic carbocycles. The second-order valence-electron chi connectivity index (χ2n) is 6.58. The molecule has 0 fully saturated rings. The van der Waals surface area contributed by atoms with Gasteiger partial charge in [0, 0.05) is 17.5 Å². The molecular formula is C14H24N4S. The Morgan fingerprint density at radius 1 is 1.47 bits per heavy atom. The Hall–Kier alpha value is -0.970. The summed E-state index contributed by atoms with van der Waals surface area (Å²) in [7, 11) is 0. The molecule has 0 saturated heterocycles. The molecule has 1 atom stereocenters. The smallest absolute Gasteiger partial charge is 0.161 e. The Labute approximate surface area is 120 Å². The Morgan fingerprint density at radius 3 is 2.79 bits per heavy atom. The van der Waals surface area contributed by atoms with E-state index in [2.05, 4.69) is 50.0 Å². The molecule has 0 saturated carbocycles. The minimum atomic E-state index is 0.366. The molecule has 1 aromatic rings. The van der Waals surface area contributed by atoms with Gasteiger partial charge in [-0.3, -0.25) is 9.67 Å². The van der Waals surface area contributed by atoms with E-state index in [1.807, 2.05) is 28.8 Å². The molecule has 106 valence electrons. The number of aliphatic imine (C=N–C) groups is 1. The molecule has 2 heterocycles. The van der Waals surface area contributed by atoms with Crippen molar-refractivity contribution in [2.24, 2.45) is 10.4 Å². The third kappa shape index (κ3) is 4.27. The van der Waals surface area contributed by atoms with Crippen LogP contribution in [0.3, 0.4) is 0 Å². The number of hydrogen-bond donors (Lipinski definition) is 1. The Balaban J connectivity index is 1.87. The highest BCUT2D eigenvalue weighted by molar-refractivity contribution is 8.15. The Kier molecular flexibility index (Phi) is 4.23. The summed E-state index contributed by atoms with van der Waals surface area (Å²) in [4.78, 5) is 4.58. The van der Waals surface area contributed by atoms with Crippen LogP contribution in [0.4, 0.5) is 5.69 Å². The van der Waals surface area contributed by atoms with Crippen LogP contribution in [0.15, 0.2) is 17.4 Å². The number of aromatic nitrogens is 2. The monoisotopic (exact) mass is 280 g/mol. The maximum Gasteiger partial charge on any atom is 0.161 e. The zero-order valence-electron chi connectivity index (χ0n) is 12.5. The van der Waals surface area contributed by atoms with E-state index in [1.165, 1.54) is 6.42 Å². The van der Waals surface area contributed by atoms with E-state index in [9.17, 15) is 0 Å². The molecule has 1 N–H and O–H groups in total. The highest BCUT2D eigenvalue weighted by atomic mass is 32.2. The summed E-state index contributed by atoms with van der Waals surface area (Å²) in [5, 5.41) is 9.31. The SMILES string of the molecule is CC(C)n1cc(NC2=NCC(CC(C)(C)C)S2)cn1. The fraction of sp³-hybridized carbons (Fsp3) is 0.714. The Bertz CT molecular complexity index is 456. The van der Waals surface area contributed by atoms with Crippen LogP contribution in [0.25, 0.3) is 0 Å². The lowest BCUT2D eigenvalue weighted by atomic mass is 9.90. The van der Waals surface area contributed by atoms with E-state index < -0.39 is 0 Å². The second-order valence-corrected chi connectivity index (χ2v) is 7.87. The predicted molar refractivity (Wildman–Crippen MR) is 84.0 cm³/mol. The summed E-state index contributed by atoms with van der Waals surface area (Å²) < 4.78 is 1.95. The average molecular weight is 280 g/mol. The maximum atomic E-state index is 4.58. The fourth-order valence-electron chi connectivity index (χ4n) is 2.08. The molecule has 0 spiro atoms. The molecule has 1 aromatic heterocycles. The lowest BCUT2D eigenvalue weighted by Gasteiger charge is -2.21. The van der Waals surface area contributed by atoms with Gasteiger partial charge in [0.15, 0.2) is 5.17 Å². The molecule has 2 rings (SSSR count). The van der Waals surface area contributed by atoms with Crippen LogP contribution in [0.5, 0.6) is 0 Å². The zero-order chi connectivity index (χ0) is 14.0. The first kappa shape index (κ1) is 14.4. The van der Waals surface area contributed by atoms with Gasteiger partial charge in [-0.25, -0.2) is 0 Å². The van der Waals surface area contributed by atoms with Crippen LogP contribution < -0.4 is 5.32 Å². The first-order chi connectivity index (χ1) is 8.83. The highest BCUT2D eigenvalue weighted by Crippen LogP contribution is 2.32. The van der Waals surface area contributed by atoms with Gasteiger partial charge in [-0.05, 0) is 25.7 Å². The summed E-state index contributed by atoms with van der Waals surface area (Å²) >= 11 is 1.85. The normalized spacial score (nSPS) is 19.9. The van der Waals surface area contributed by atoms with Crippen LogP contribution >= 0.6 is 11.8 Å². The van der Waals surface area contributed by atoms with Gasteiger partial charge in [-0.15, -0.1) is 0 Å². The fourth-order valence-corrected chi connectivity index (χ4v) is 3.46. The van der Waals surface area contributed by atoms with E-state index in [4.69, 9.17) is 0 Å². The number of amidine groups is 1. The van der Waals surface area contributed by atoms with Crippen LogP contribution in [0.2, 0.25) is 0 Å². The first-order valence-electron chi connectivity index (χ1n) is 6.86. The highest BCUT2D eigenvalue weighted by Gasteiger charge is 2.25. The summed E-state index contributed by atoms with van der Waals surface area (Å²) in [5.41, 5.74) is 1.39. The van der Waals surface area contributed by atoms with E-state index in [1.54, 1.807) is 0 Å². The van der Waals surface area contributed by atoms with Gasteiger partial charge in [0.2, 0.25) is 0 Å². The van der Waals surface area contributed by atoms with Crippen LogP contribution in [-0.4, -0.2) is 26.7 Å². The number of thioether (sulfide) groups is 1. The van der Waals surface area contributed by atoms with Crippen molar-refractivity contribution >= 4 is 22.6 Å². The minimum absolute atomic E-state index is 0.366. The maximum absolute atomic E-state index is 4.58. The molecule has 0 amide bonds. The minimum Gasteiger partial charge on any atom is -0.332 e. The van der Waals surface area contributed by atoms with Gasteiger partial charge in [-0.1, -0.05) is 32.5 Å². The lowest BCUT2D eigenvalue weighted by Crippen LogP contribution is -2.16. The number of nitrogens with one attached hydrogen (secondary N) is 1. The van der Waals surface area contributed by atoms with Crippen molar-refractivity contribution in [3.05, 3.63) is 12.4 Å².